The van der Waals surface area contributed by atoms with Gasteiger partial charge in [0.1, 0.15) is 18.0 Å². The largest absolute Gasteiger partial charge is 0.488 e. The van der Waals surface area contributed by atoms with Gasteiger partial charge in [-0.25, -0.2) is 0 Å². The first-order valence-corrected chi connectivity index (χ1v) is 11.7. The molecule has 1 aromatic rings. The number of benzene rings is 1. The highest BCUT2D eigenvalue weighted by atomic mass is 32.2. The Kier molecular flexibility index (Phi) is 5.98. The number of likely N-dealkylation sites (tertiary alicyclic amines) is 1. The molecule has 4 rings (SSSR count). The van der Waals surface area contributed by atoms with Crippen LogP contribution in [0, 0.1) is 0 Å². The number of carbonyl (C=O) groups is 1. The molecule has 2 fully saturated rings. The van der Waals surface area contributed by atoms with Gasteiger partial charge in [-0.05, 0) is 24.5 Å². The Balaban J connectivity index is 1.36. The first-order valence-electron chi connectivity index (χ1n) is 9.36. The zero-order chi connectivity index (χ0) is 17.9. The van der Waals surface area contributed by atoms with Crippen LogP contribution in [-0.4, -0.2) is 70.3 Å². The molecule has 1 aromatic carbocycles. The van der Waals surface area contributed by atoms with Gasteiger partial charge in [0.2, 0.25) is 5.91 Å². The number of carbonyl (C=O) groups excluding carboxylic acids is 1. The lowest BCUT2D eigenvalue weighted by Crippen LogP contribution is -2.53. The number of aryl methyl sites for hydroxylation is 1. The molecule has 2 N–H and O–H groups in total. The van der Waals surface area contributed by atoms with E-state index in [0.29, 0.717) is 19.0 Å². The van der Waals surface area contributed by atoms with Gasteiger partial charge in [-0.3, -0.25) is 9.69 Å². The van der Waals surface area contributed by atoms with Crippen molar-refractivity contribution in [2.24, 2.45) is 0 Å². The topological polar surface area (TPSA) is 61.8 Å². The maximum atomic E-state index is 11.6. The number of nitrogens with zero attached hydrogens (tertiary/aromatic N) is 1. The van der Waals surface area contributed by atoms with Crippen LogP contribution in [0.1, 0.15) is 18.4 Å². The number of piperidine rings is 1. The van der Waals surface area contributed by atoms with E-state index in [1.807, 2.05) is 41.7 Å². The van der Waals surface area contributed by atoms with Crippen LogP contribution >= 0.6 is 23.5 Å². The van der Waals surface area contributed by atoms with E-state index in [1.54, 1.807) is 0 Å². The molecule has 5 nitrogen and oxygen atoms in total. The number of thioether (sulfide) groups is 2. The van der Waals surface area contributed by atoms with Crippen molar-refractivity contribution in [3.8, 4) is 5.75 Å². The van der Waals surface area contributed by atoms with E-state index >= 15 is 0 Å². The fourth-order valence-corrected chi connectivity index (χ4v) is 6.44. The van der Waals surface area contributed by atoms with Gasteiger partial charge < -0.3 is 15.2 Å². The van der Waals surface area contributed by atoms with Gasteiger partial charge in [0.05, 0.1) is 0 Å². The van der Waals surface area contributed by atoms with Crippen LogP contribution < -0.4 is 10.1 Å². The van der Waals surface area contributed by atoms with Crippen molar-refractivity contribution >= 4 is 35.1 Å². The van der Waals surface area contributed by atoms with E-state index in [1.165, 1.54) is 11.5 Å². The van der Waals surface area contributed by atoms with Crippen LogP contribution in [-0.2, 0) is 11.2 Å². The van der Waals surface area contributed by atoms with E-state index in [9.17, 15) is 9.90 Å². The number of anilines is 1. The van der Waals surface area contributed by atoms with E-state index in [4.69, 9.17) is 4.74 Å². The number of amides is 1. The Morgan fingerprint density at radius 2 is 2.00 bits per heavy atom. The number of rotatable bonds is 3. The van der Waals surface area contributed by atoms with Crippen LogP contribution in [0.15, 0.2) is 18.2 Å². The van der Waals surface area contributed by atoms with Crippen molar-refractivity contribution in [2.45, 2.75) is 37.5 Å². The Morgan fingerprint density at radius 3 is 2.77 bits per heavy atom. The molecule has 3 aliphatic rings. The highest BCUT2D eigenvalue weighted by molar-refractivity contribution is 8.03. The minimum Gasteiger partial charge on any atom is -0.488 e. The molecule has 0 saturated carbocycles. The van der Waals surface area contributed by atoms with Crippen molar-refractivity contribution in [3.63, 3.8) is 0 Å². The number of nitrogens with one attached hydrogen (secondary N) is 1. The molecule has 2 saturated heterocycles. The summed E-state index contributed by atoms with van der Waals surface area (Å²) in [7, 11) is 0. The maximum Gasteiger partial charge on any atom is 0.224 e. The van der Waals surface area contributed by atoms with E-state index in [0.717, 1.165) is 47.9 Å². The number of hydrogen-bond acceptors (Lipinski definition) is 6. The molecular weight excluding hydrogens is 368 g/mol. The van der Waals surface area contributed by atoms with Crippen molar-refractivity contribution in [2.75, 3.05) is 41.4 Å². The lowest BCUT2D eigenvalue weighted by atomic mass is 10.0. The van der Waals surface area contributed by atoms with Crippen LogP contribution in [0.2, 0.25) is 0 Å². The van der Waals surface area contributed by atoms with E-state index < -0.39 is 6.10 Å². The highest BCUT2D eigenvalue weighted by Crippen LogP contribution is 2.30. The van der Waals surface area contributed by atoms with Gasteiger partial charge in [-0.15, -0.1) is 0 Å². The highest BCUT2D eigenvalue weighted by Gasteiger charge is 2.33. The van der Waals surface area contributed by atoms with Gasteiger partial charge >= 0.3 is 0 Å². The maximum absolute atomic E-state index is 11.6. The predicted molar refractivity (Wildman–Crippen MR) is 108 cm³/mol. The zero-order valence-electron chi connectivity index (χ0n) is 14.9. The molecule has 1 amide bonds. The third kappa shape index (κ3) is 4.32. The third-order valence-corrected chi connectivity index (χ3v) is 7.81. The van der Waals surface area contributed by atoms with Gasteiger partial charge in [0, 0.05) is 60.3 Å². The molecule has 0 spiro atoms. The molecule has 3 heterocycles. The number of ether oxygens (including phenoxy) is 1. The zero-order valence-corrected chi connectivity index (χ0v) is 16.5. The smallest absolute Gasteiger partial charge is 0.224 e. The number of β-amino-alcohol motifs (C(OH)–C–C–N with tert-alkyl or cyclic N) is 1. The van der Waals surface area contributed by atoms with E-state index in [-0.39, 0.29) is 12.0 Å². The van der Waals surface area contributed by atoms with Crippen molar-refractivity contribution in [1.82, 2.24) is 4.90 Å². The summed E-state index contributed by atoms with van der Waals surface area (Å²) in [5.41, 5.74) is 1.99. The summed E-state index contributed by atoms with van der Waals surface area (Å²) in [6, 6.07) is 6.42. The first-order chi connectivity index (χ1) is 12.7. The minimum absolute atomic E-state index is 0.0575. The molecule has 0 unspecified atom stereocenters. The fourth-order valence-electron chi connectivity index (χ4n) is 3.82. The Hall–Kier alpha value is -0.890. The summed E-state index contributed by atoms with van der Waals surface area (Å²) in [5, 5.41) is 13.5. The van der Waals surface area contributed by atoms with Crippen molar-refractivity contribution in [1.29, 1.82) is 0 Å². The molecular formula is C19H26N2O3S2. The summed E-state index contributed by atoms with van der Waals surface area (Å²) in [6.07, 6.45) is 1.49. The third-order valence-electron chi connectivity index (χ3n) is 5.32. The normalized spacial score (nSPS) is 28.1. The monoisotopic (exact) mass is 394 g/mol. The van der Waals surface area contributed by atoms with Gasteiger partial charge in [0.15, 0.2) is 0 Å². The van der Waals surface area contributed by atoms with Crippen LogP contribution in [0.4, 0.5) is 5.69 Å². The van der Waals surface area contributed by atoms with Crippen LogP contribution in [0.3, 0.4) is 0 Å². The summed E-state index contributed by atoms with van der Waals surface area (Å²) >= 11 is 4.05. The predicted octanol–water partition coefficient (Wildman–Crippen LogP) is 2.23. The quantitative estimate of drug-likeness (QED) is 0.820. The second-order valence-corrected chi connectivity index (χ2v) is 9.48. The van der Waals surface area contributed by atoms with Crippen molar-refractivity contribution in [3.05, 3.63) is 23.8 Å². The van der Waals surface area contributed by atoms with Gasteiger partial charge in [-0.2, -0.15) is 23.5 Å². The Morgan fingerprint density at radius 1 is 1.19 bits per heavy atom. The molecule has 0 bridgehead atoms. The summed E-state index contributed by atoms with van der Waals surface area (Å²) in [6.45, 7) is 1.65. The summed E-state index contributed by atoms with van der Waals surface area (Å²) in [5.74, 6) is 5.58. The number of fused-ring (bicyclic) bond motifs is 1. The van der Waals surface area contributed by atoms with Crippen molar-refractivity contribution < 1.29 is 14.6 Å². The lowest BCUT2D eigenvalue weighted by Gasteiger charge is -2.39. The molecule has 7 heteroatoms. The molecule has 26 heavy (non-hydrogen) atoms. The SMILES string of the molecule is O=C1CCc2ccc(O[C@@H]3CCN(C4CSCCSC4)C[C@H]3O)cc2N1. The number of hydrogen-bond donors (Lipinski definition) is 2. The minimum atomic E-state index is -0.479. The molecule has 0 radical (unpaired) electrons. The summed E-state index contributed by atoms with van der Waals surface area (Å²) < 4.78 is 6.09. The molecule has 2 atom stereocenters. The molecule has 142 valence electrons. The standard InChI is InChI=1S/C19H26N2O3S2/c22-17-10-21(14-11-25-7-8-26-12-14)6-5-18(17)24-15-3-1-13-2-4-19(23)20-16(13)9-15/h1,3,9,14,17-18,22H,2,4-8,10-12H2,(H,20,23)/t17-,18-/m1/s1. The average Bonchev–Trinajstić information content (AvgIpc) is 2.92. The Labute approximate surface area is 163 Å². The van der Waals surface area contributed by atoms with Gasteiger partial charge in [-0.1, -0.05) is 6.07 Å². The lowest BCUT2D eigenvalue weighted by molar-refractivity contribution is -0.116. The van der Waals surface area contributed by atoms with E-state index in [2.05, 4.69) is 10.2 Å². The van der Waals surface area contributed by atoms with Crippen LogP contribution in [0.5, 0.6) is 5.75 Å². The molecule has 0 aliphatic carbocycles. The second kappa shape index (κ2) is 8.42. The molecule has 3 aliphatic heterocycles. The van der Waals surface area contributed by atoms with Gasteiger partial charge in [0.25, 0.3) is 0 Å². The average molecular weight is 395 g/mol. The summed E-state index contributed by atoms with van der Waals surface area (Å²) in [4.78, 5) is 14.0. The second-order valence-electron chi connectivity index (χ2n) is 7.18. The fraction of sp³-hybridized carbons (Fsp3) is 0.632. The van der Waals surface area contributed by atoms with Crippen LogP contribution in [0.25, 0.3) is 0 Å². The Bertz CT molecular complexity index is 650. The first kappa shape index (κ1) is 18.5. The number of aliphatic hydroxyl groups is 1. The number of aliphatic hydroxyl groups excluding tert-OH is 1. The molecule has 0 aromatic heterocycles.